The fourth-order valence-corrected chi connectivity index (χ4v) is 3.65. The van der Waals surface area contributed by atoms with Crippen molar-refractivity contribution in [3.05, 3.63) is 48.0 Å². The Bertz CT molecular complexity index is 754. The number of sulfonamides is 1. The quantitative estimate of drug-likeness (QED) is 0.860. The Morgan fingerprint density at radius 1 is 1.38 bits per heavy atom. The highest BCUT2D eigenvalue weighted by Crippen LogP contribution is 2.32. The summed E-state index contributed by atoms with van der Waals surface area (Å²) in [6.07, 6.45) is 4.81. The first-order valence-electron chi connectivity index (χ1n) is 6.60. The smallest absolute Gasteiger partial charge is 0.212 e. The van der Waals surface area contributed by atoms with Gasteiger partial charge in [0, 0.05) is 18.9 Å². The molecule has 0 aliphatic carbocycles. The van der Waals surface area contributed by atoms with Crippen molar-refractivity contribution in [1.29, 1.82) is 0 Å². The van der Waals surface area contributed by atoms with Gasteiger partial charge in [-0.05, 0) is 17.7 Å². The van der Waals surface area contributed by atoms with Crippen molar-refractivity contribution < 1.29 is 13.2 Å². The first-order valence-corrected chi connectivity index (χ1v) is 8.44. The van der Waals surface area contributed by atoms with Crippen molar-refractivity contribution in [2.24, 2.45) is 0 Å². The third-order valence-corrected chi connectivity index (χ3v) is 4.96. The second-order valence-corrected chi connectivity index (χ2v) is 7.03. The SMILES string of the molecule is COc1cccc([C@@H]2Cn3ccnc3CN2S(C)(=O)=O)c1. The molecule has 3 rings (SSSR count). The summed E-state index contributed by atoms with van der Waals surface area (Å²) in [5, 5.41) is 0. The molecule has 2 heterocycles. The van der Waals surface area contributed by atoms with Crippen molar-refractivity contribution in [1.82, 2.24) is 13.9 Å². The van der Waals surface area contributed by atoms with E-state index in [9.17, 15) is 8.42 Å². The minimum absolute atomic E-state index is 0.253. The van der Waals surface area contributed by atoms with E-state index < -0.39 is 10.0 Å². The Hall–Kier alpha value is -1.86. The zero-order chi connectivity index (χ0) is 15.0. The molecule has 0 saturated heterocycles. The van der Waals surface area contributed by atoms with Gasteiger partial charge in [-0.2, -0.15) is 4.31 Å². The fourth-order valence-electron chi connectivity index (χ4n) is 2.65. The van der Waals surface area contributed by atoms with Gasteiger partial charge in [0.05, 0.1) is 26.0 Å². The van der Waals surface area contributed by atoms with E-state index >= 15 is 0 Å². The summed E-state index contributed by atoms with van der Waals surface area (Å²) < 4.78 is 32.9. The lowest BCUT2D eigenvalue weighted by Gasteiger charge is -2.34. The third kappa shape index (κ3) is 2.66. The lowest BCUT2D eigenvalue weighted by Crippen LogP contribution is -2.40. The van der Waals surface area contributed by atoms with Crippen LogP contribution in [0.1, 0.15) is 17.4 Å². The van der Waals surface area contributed by atoms with Crippen LogP contribution in [0, 0.1) is 0 Å². The third-order valence-electron chi connectivity index (χ3n) is 3.72. The van der Waals surface area contributed by atoms with Gasteiger partial charge in [-0.15, -0.1) is 0 Å². The number of ether oxygens (including phenoxy) is 1. The Labute approximate surface area is 124 Å². The summed E-state index contributed by atoms with van der Waals surface area (Å²) >= 11 is 0. The number of hydrogen-bond donors (Lipinski definition) is 0. The van der Waals surface area contributed by atoms with E-state index in [-0.39, 0.29) is 12.6 Å². The molecule has 1 aromatic heterocycles. The molecule has 0 saturated carbocycles. The summed E-state index contributed by atoms with van der Waals surface area (Å²) in [6, 6.07) is 7.27. The van der Waals surface area contributed by atoms with Gasteiger partial charge in [-0.25, -0.2) is 13.4 Å². The molecule has 0 unspecified atom stereocenters. The van der Waals surface area contributed by atoms with E-state index in [1.807, 2.05) is 35.0 Å². The molecule has 6 nitrogen and oxygen atoms in total. The van der Waals surface area contributed by atoms with Crippen LogP contribution in [-0.2, 0) is 23.1 Å². The summed E-state index contributed by atoms with van der Waals surface area (Å²) in [5.41, 5.74) is 0.916. The van der Waals surface area contributed by atoms with Crippen LogP contribution in [-0.4, -0.2) is 35.6 Å². The van der Waals surface area contributed by atoms with Gasteiger partial charge in [-0.1, -0.05) is 12.1 Å². The van der Waals surface area contributed by atoms with Crippen LogP contribution in [0.3, 0.4) is 0 Å². The number of imidazole rings is 1. The molecular formula is C14H17N3O3S. The molecule has 7 heteroatoms. The van der Waals surface area contributed by atoms with E-state index in [1.165, 1.54) is 10.6 Å². The van der Waals surface area contributed by atoms with Crippen molar-refractivity contribution in [3.8, 4) is 5.75 Å². The zero-order valence-electron chi connectivity index (χ0n) is 11.9. The molecule has 1 atom stereocenters. The van der Waals surface area contributed by atoms with Crippen LogP contribution in [0.2, 0.25) is 0 Å². The van der Waals surface area contributed by atoms with E-state index in [0.717, 1.165) is 17.1 Å². The number of nitrogens with zero attached hydrogens (tertiary/aromatic N) is 3. The first-order chi connectivity index (χ1) is 9.99. The average Bonchev–Trinajstić information content (AvgIpc) is 2.92. The molecule has 0 bridgehead atoms. The van der Waals surface area contributed by atoms with Crippen molar-refractivity contribution in [2.75, 3.05) is 13.4 Å². The number of methoxy groups -OCH3 is 1. The minimum atomic E-state index is -3.32. The van der Waals surface area contributed by atoms with Gasteiger partial charge in [0.2, 0.25) is 10.0 Å². The maximum absolute atomic E-state index is 12.1. The molecule has 0 spiro atoms. The second-order valence-electron chi connectivity index (χ2n) is 5.10. The molecule has 0 amide bonds. The molecule has 112 valence electrons. The Morgan fingerprint density at radius 2 is 2.19 bits per heavy atom. The molecule has 0 N–H and O–H groups in total. The average molecular weight is 307 g/mol. The standard InChI is InChI=1S/C14H17N3O3S/c1-20-12-5-3-4-11(8-12)13-9-16-7-6-15-14(16)10-17(13)21(2,18)19/h3-8,13H,9-10H2,1-2H3/t13-/m0/s1. The Balaban J connectivity index is 2.05. The second kappa shape index (κ2) is 5.16. The van der Waals surface area contributed by atoms with Crippen LogP contribution in [0.15, 0.2) is 36.7 Å². The van der Waals surface area contributed by atoms with E-state index in [4.69, 9.17) is 4.74 Å². The summed E-state index contributed by atoms with van der Waals surface area (Å²) in [6.45, 7) is 0.837. The van der Waals surface area contributed by atoms with E-state index in [0.29, 0.717) is 6.54 Å². The van der Waals surface area contributed by atoms with Gasteiger partial charge in [0.15, 0.2) is 0 Å². The first kappa shape index (κ1) is 14.1. The predicted molar refractivity (Wildman–Crippen MR) is 78.3 cm³/mol. The van der Waals surface area contributed by atoms with Gasteiger partial charge in [0.1, 0.15) is 11.6 Å². The van der Waals surface area contributed by atoms with Crippen LogP contribution >= 0.6 is 0 Å². The van der Waals surface area contributed by atoms with E-state index in [1.54, 1.807) is 13.3 Å². The van der Waals surface area contributed by atoms with Crippen LogP contribution in [0.5, 0.6) is 5.75 Å². The maximum Gasteiger partial charge on any atom is 0.212 e. The van der Waals surface area contributed by atoms with Crippen LogP contribution < -0.4 is 4.74 Å². The predicted octanol–water partition coefficient (Wildman–Crippen LogP) is 1.41. The van der Waals surface area contributed by atoms with Crippen LogP contribution in [0.25, 0.3) is 0 Å². The largest absolute Gasteiger partial charge is 0.497 e. The lowest BCUT2D eigenvalue weighted by atomic mass is 10.1. The molecule has 21 heavy (non-hydrogen) atoms. The normalized spacial score (nSPS) is 19.2. The molecule has 1 aliphatic rings. The Kier molecular flexibility index (Phi) is 3.46. The zero-order valence-corrected chi connectivity index (χ0v) is 12.7. The van der Waals surface area contributed by atoms with Crippen molar-refractivity contribution >= 4 is 10.0 Å². The van der Waals surface area contributed by atoms with Crippen molar-refractivity contribution in [2.45, 2.75) is 19.1 Å². The summed E-state index contributed by atoms with van der Waals surface area (Å²) in [7, 11) is -1.72. The van der Waals surface area contributed by atoms with Crippen molar-refractivity contribution in [3.63, 3.8) is 0 Å². The maximum atomic E-state index is 12.1. The Morgan fingerprint density at radius 3 is 2.90 bits per heavy atom. The summed E-state index contributed by atoms with van der Waals surface area (Å²) in [5.74, 6) is 1.48. The van der Waals surface area contributed by atoms with Gasteiger partial charge >= 0.3 is 0 Å². The number of aromatic nitrogens is 2. The topological polar surface area (TPSA) is 64.4 Å². The fraction of sp³-hybridized carbons (Fsp3) is 0.357. The highest BCUT2D eigenvalue weighted by atomic mass is 32.2. The minimum Gasteiger partial charge on any atom is -0.497 e. The van der Waals surface area contributed by atoms with Gasteiger partial charge < -0.3 is 9.30 Å². The highest BCUT2D eigenvalue weighted by molar-refractivity contribution is 7.88. The summed E-state index contributed by atoms with van der Waals surface area (Å²) in [4.78, 5) is 4.21. The number of benzene rings is 1. The van der Waals surface area contributed by atoms with Gasteiger partial charge in [0.25, 0.3) is 0 Å². The molecule has 2 aromatic rings. The number of rotatable bonds is 3. The van der Waals surface area contributed by atoms with Gasteiger partial charge in [-0.3, -0.25) is 0 Å². The highest BCUT2D eigenvalue weighted by Gasteiger charge is 2.33. The monoisotopic (exact) mass is 307 g/mol. The molecular weight excluding hydrogens is 290 g/mol. The molecule has 1 aromatic carbocycles. The molecule has 0 radical (unpaired) electrons. The van der Waals surface area contributed by atoms with Crippen LogP contribution in [0.4, 0.5) is 0 Å². The molecule has 1 aliphatic heterocycles. The number of fused-ring (bicyclic) bond motifs is 1. The van der Waals surface area contributed by atoms with E-state index in [2.05, 4.69) is 4.98 Å². The number of hydrogen-bond acceptors (Lipinski definition) is 4. The molecule has 0 fully saturated rings. The lowest BCUT2D eigenvalue weighted by molar-refractivity contribution is 0.244.